The largest absolute Gasteiger partial charge is 0.367 e. The summed E-state index contributed by atoms with van der Waals surface area (Å²) < 4.78 is 0. The third kappa shape index (κ3) is 3.21. The summed E-state index contributed by atoms with van der Waals surface area (Å²) in [7, 11) is 0. The van der Waals surface area contributed by atoms with E-state index in [0.717, 1.165) is 0 Å². The van der Waals surface area contributed by atoms with E-state index in [1.54, 1.807) is 0 Å². The SMILES string of the molecule is O=C(Nc1ncc(C2CCCCC2)s1)c1c[nH]ccc1=O. The van der Waals surface area contributed by atoms with Crippen molar-refractivity contribution in [2.24, 2.45) is 0 Å². The number of anilines is 1. The maximum absolute atomic E-state index is 12.1. The quantitative estimate of drug-likeness (QED) is 0.914. The van der Waals surface area contributed by atoms with Crippen molar-refractivity contribution in [3.05, 3.63) is 45.3 Å². The fourth-order valence-electron chi connectivity index (χ4n) is 2.68. The van der Waals surface area contributed by atoms with Crippen LogP contribution in [-0.2, 0) is 0 Å². The molecule has 0 atom stereocenters. The average molecular weight is 303 g/mol. The van der Waals surface area contributed by atoms with Gasteiger partial charge in [-0.15, -0.1) is 11.3 Å². The first-order valence-corrected chi connectivity index (χ1v) is 8.00. The highest BCUT2D eigenvalue weighted by atomic mass is 32.1. The van der Waals surface area contributed by atoms with Gasteiger partial charge in [0.2, 0.25) is 0 Å². The molecule has 2 aromatic heterocycles. The zero-order valence-electron chi connectivity index (χ0n) is 11.6. The Labute approximate surface area is 126 Å². The van der Waals surface area contributed by atoms with Gasteiger partial charge in [0.05, 0.1) is 0 Å². The molecule has 0 saturated heterocycles. The molecule has 2 aromatic rings. The maximum Gasteiger partial charge on any atom is 0.262 e. The molecule has 2 N–H and O–H groups in total. The fraction of sp³-hybridized carbons (Fsp3) is 0.400. The zero-order chi connectivity index (χ0) is 14.7. The summed E-state index contributed by atoms with van der Waals surface area (Å²) in [4.78, 5) is 31.9. The molecule has 1 amide bonds. The van der Waals surface area contributed by atoms with Crippen LogP contribution in [0.5, 0.6) is 0 Å². The first kappa shape index (κ1) is 14.0. The number of aromatic amines is 1. The molecule has 110 valence electrons. The Hall–Kier alpha value is -1.95. The van der Waals surface area contributed by atoms with E-state index in [1.165, 1.54) is 66.8 Å². The van der Waals surface area contributed by atoms with Gasteiger partial charge >= 0.3 is 0 Å². The van der Waals surface area contributed by atoms with Gasteiger partial charge in [0.15, 0.2) is 10.6 Å². The number of rotatable bonds is 3. The second-order valence-electron chi connectivity index (χ2n) is 5.28. The van der Waals surface area contributed by atoms with Crippen molar-refractivity contribution in [1.82, 2.24) is 9.97 Å². The van der Waals surface area contributed by atoms with Gasteiger partial charge in [-0.3, -0.25) is 14.9 Å². The number of amides is 1. The Morgan fingerprint density at radius 2 is 2.14 bits per heavy atom. The molecule has 1 fully saturated rings. The topological polar surface area (TPSA) is 74.8 Å². The van der Waals surface area contributed by atoms with E-state index in [4.69, 9.17) is 0 Å². The summed E-state index contributed by atoms with van der Waals surface area (Å²) in [5.74, 6) is 0.156. The third-order valence-corrected chi connectivity index (χ3v) is 4.90. The van der Waals surface area contributed by atoms with Crippen LogP contribution in [0.3, 0.4) is 0 Å². The molecule has 0 radical (unpaired) electrons. The molecule has 0 unspecified atom stereocenters. The minimum absolute atomic E-state index is 0.104. The molecule has 1 saturated carbocycles. The normalized spacial score (nSPS) is 15.8. The van der Waals surface area contributed by atoms with E-state index in [2.05, 4.69) is 15.3 Å². The third-order valence-electron chi connectivity index (χ3n) is 3.82. The van der Waals surface area contributed by atoms with Crippen molar-refractivity contribution < 1.29 is 4.79 Å². The van der Waals surface area contributed by atoms with E-state index in [0.29, 0.717) is 11.0 Å². The molecular formula is C15H17N3O2S. The molecule has 2 heterocycles. The minimum atomic E-state index is -0.415. The van der Waals surface area contributed by atoms with Gasteiger partial charge < -0.3 is 4.98 Å². The Morgan fingerprint density at radius 3 is 2.90 bits per heavy atom. The molecule has 21 heavy (non-hydrogen) atoms. The zero-order valence-corrected chi connectivity index (χ0v) is 12.4. The van der Waals surface area contributed by atoms with Gasteiger partial charge in [-0.1, -0.05) is 19.3 Å². The Bertz CT molecular complexity index is 686. The minimum Gasteiger partial charge on any atom is -0.367 e. The summed E-state index contributed by atoms with van der Waals surface area (Å²) in [6.07, 6.45) is 11.0. The van der Waals surface area contributed by atoms with E-state index in [9.17, 15) is 9.59 Å². The predicted molar refractivity (Wildman–Crippen MR) is 83.0 cm³/mol. The average Bonchev–Trinajstić information content (AvgIpc) is 2.97. The van der Waals surface area contributed by atoms with Crippen molar-refractivity contribution in [3.63, 3.8) is 0 Å². The van der Waals surface area contributed by atoms with Gasteiger partial charge in [-0.25, -0.2) is 4.98 Å². The lowest BCUT2D eigenvalue weighted by Crippen LogP contribution is -2.20. The molecular weight excluding hydrogens is 286 g/mol. The Balaban J connectivity index is 1.71. The maximum atomic E-state index is 12.1. The smallest absolute Gasteiger partial charge is 0.262 e. The van der Waals surface area contributed by atoms with Crippen LogP contribution in [0, 0.1) is 0 Å². The molecule has 0 bridgehead atoms. The molecule has 0 aromatic carbocycles. The number of thiazole rings is 1. The summed E-state index contributed by atoms with van der Waals surface area (Å²) >= 11 is 1.51. The predicted octanol–water partition coefficient (Wildman–Crippen LogP) is 3.13. The van der Waals surface area contributed by atoms with Gasteiger partial charge in [-0.05, 0) is 18.8 Å². The van der Waals surface area contributed by atoms with Crippen LogP contribution in [0.4, 0.5) is 5.13 Å². The van der Waals surface area contributed by atoms with Crippen molar-refractivity contribution in [2.75, 3.05) is 5.32 Å². The van der Waals surface area contributed by atoms with Crippen LogP contribution < -0.4 is 10.7 Å². The summed E-state index contributed by atoms with van der Waals surface area (Å²) in [5, 5.41) is 3.27. The lowest BCUT2D eigenvalue weighted by molar-refractivity contribution is 0.102. The van der Waals surface area contributed by atoms with Crippen LogP contribution in [-0.4, -0.2) is 15.9 Å². The number of hydrogen-bond donors (Lipinski definition) is 2. The Kier molecular flexibility index (Phi) is 4.15. The first-order chi connectivity index (χ1) is 10.2. The highest BCUT2D eigenvalue weighted by Gasteiger charge is 2.19. The van der Waals surface area contributed by atoms with Crippen molar-refractivity contribution in [3.8, 4) is 0 Å². The van der Waals surface area contributed by atoms with Gasteiger partial charge in [0.25, 0.3) is 5.91 Å². The molecule has 1 aliphatic rings. The van der Waals surface area contributed by atoms with Crippen LogP contribution in [0.1, 0.15) is 53.3 Å². The number of nitrogens with zero attached hydrogens (tertiary/aromatic N) is 1. The Morgan fingerprint density at radius 1 is 1.33 bits per heavy atom. The second-order valence-corrected chi connectivity index (χ2v) is 6.34. The van der Waals surface area contributed by atoms with E-state index >= 15 is 0 Å². The number of nitrogens with one attached hydrogen (secondary N) is 2. The van der Waals surface area contributed by atoms with Gasteiger partial charge in [0, 0.05) is 29.5 Å². The van der Waals surface area contributed by atoms with E-state index in [-0.39, 0.29) is 11.0 Å². The molecule has 0 aliphatic heterocycles. The van der Waals surface area contributed by atoms with Crippen molar-refractivity contribution >= 4 is 22.4 Å². The number of carbonyl (C=O) groups is 1. The lowest BCUT2D eigenvalue weighted by atomic mass is 9.89. The lowest BCUT2D eigenvalue weighted by Gasteiger charge is -2.19. The summed E-state index contributed by atoms with van der Waals surface area (Å²) in [6.45, 7) is 0. The monoisotopic (exact) mass is 303 g/mol. The van der Waals surface area contributed by atoms with Crippen LogP contribution in [0.25, 0.3) is 0 Å². The number of H-pyrrole nitrogens is 1. The van der Waals surface area contributed by atoms with E-state index < -0.39 is 5.91 Å². The molecule has 0 spiro atoms. The number of aromatic nitrogens is 2. The number of carbonyl (C=O) groups excluding carboxylic acids is 1. The highest BCUT2D eigenvalue weighted by Crippen LogP contribution is 2.36. The second kappa shape index (κ2) is 6.22. The number of hydrogen-bond acceptors (Lipinski definition) is 4. The van der Waals surface area contributed by atoms with Crippen LogP contribution in [0.15, 0.2) is 29.5 Å². The standard InChI is InChI=1S/C15H17N3O2S/c19-12-6-7-16-8-11(12)14(20)18-15-17-9-13(21-15)10-4-2-1-3-5-10/h6-10H,1-5H2,(H,16,19)(H,17,18,20). The fourth-order valence-corrected chi connectivity index (χ4v) is 3.66. The van der Waals surface area contributed by atoms with Crippen LogP contribution >= 0.6 is 11.3 Å². The van der Waals surface area contributed by atoms with E-state index in [1.807, 2.05) is 6.20 Å². The molecule has 1 aliphatic carbocycles. The molecule has 6 heteroatoms. The highest BCUT2D eigenvalue weighted by molar-refractivity contribution is 7.15. The van der Waals surface area contributed by atoms with Gasteiger partial charge in [0.1, 0.15) is 5.56 Å². The van der Waals surface area contributed by atoms with Crippen LogP contribution in [0.2, 0.25) is 0 Å². The summed E-state index contributed by atoms with van der Waals surface area (Å²) in [6, 6.07) is 1.34. The van der Waals surface area contributed by atoms with Gasteiger partial charge in [-0.2, -0.15) is 0 Å². The first-order valence-electron chi connectivity index (χ1n) is 7.18. The summed E-state index contributed by atoms with van der Waals surface area (Å²) in [5.41, 5.74) is -0.192. The molecule has 5 nitrogen and oxygen atoms in total. The van der Waals surface area contributed by atoms with Crippen molar-refractivity contribution in [1.29, 1.82) is 0 Å². The van der Waals surface area contributed by atoms with Crippen molar-refractivity contribution in [2.45, 2.75) is 38.0 Å². The molecule has 3 rings (SSSR count). The number of pyridine rings is 1.